The highest BCUT2D eigenvalue weighted by Crippen LogP contribution is 2.43. The number of aromatic nitrogens is 2. The van der Waals surface area contributed by atoms with Crippen LogP contribution in [0.5, 0.6) is 0 Å². The van der Waals surface area contributed by atoms with Crippen LogP contribution in [0.2, 0.25) is 0 Å². The number of halogens is 2. The van der Waals surface area contributed by atoms with E-state index in [4.69, 9.17) is 0 Å². The van der Waals surface area contributed by atoms with Crippen molar-refractivity contribution in [2.75, 3.05) is 0 Å². The summed E-state index contributed by atoms with van der Waals surface area (Å²) in [5, 5.41) is 0. The van der Waals surface area contributed by atoms with Gasteiger partial charge in [0.25, 0.3) is 0 Å². The van der Waals surface area contributed by atoms with Gasteiger partial charge in [-0.15, -0.1) is 22.7 Å². The fraction of sp³-hybridized carbons (Fsp3) is 0.235. The Morgan fingerprint density at radius 2 is 0.902 bits per heavy atom. The highest BCUT2D eigenvalue weighted by atomic mass is 32.1. The summed E-state index contributed by atoms with van der Waals surface area (Å²) in [6.07, 6.45) is 1.72. The summed E-state index contributed by atoms with van der Waals surface area (Å²) in [5.41, 5.74) is 6.89. The van der Waals surface area contributed by atoms with Crippen molar-refractivity contribution in [3.05, 3.63) is 95.6 Å². The Morgan fingerprint density at radius 3 is 1.27 bits per heavy atom. The highest BCUT2D eigenvalue weighted by Gasteiger charge is 2.18. The molecule has 208 valence electrons. The Morgan fingerprint density at radius 1 is 0.537 bits per heavy atom. The van der Waals surface area contributed by atoms with E-state index in [0.29, 0.717) is 23.0 Å². The van der Waals surface area contributed by atoms with Crippen molar-refractivity contribution in [2.24, 2.45) is 11.8 Å². The van der Waals surface area contributed by atoms with Crippen LogP contribution in [0.15, 0.2) is 72.8 Å². The molecule has 7 heteroatoms. The fourth-order valence-corrected chi connectivity index (χ4v) is 7.92. The van der Waals surface area contributed by atoms with Crippen molar-refractivity contribution in [3.8, 4) is 41.8 Å². The van der Waals surface area contributed by atoms with Crippen LogP contribution in [0.25, 0.3) is 52.8 Å². The lowest BCUT2D eigenvalue weighted by Crippen LogP contribution is -1.95. The third-order valence-corrected chi connectivity index (χ3v) is 9.88. The van der Waals surface area contributed by atoms with Gasteiger partial charge in [-0.3, -0.25) is 0 Å². The first-order valence-corrected chi connectivity index (χ1v) is 16.2. The molecule has 0 spiro atoms. The van der Waals surface area contributed by atoms with Crippen molar-refractivity contribution < 1.29 is 8.78 Å². The smallest absolute Gasteiger partial charge is 0.132 e. The molecule has 6 aromatic rings. The maximum absolute atomic E-state index is 15.0. The van der Waals surface area contributed by atoms with Gasteiger partial charge in [0.15, 0.2) is 0 Å². The number of benzene rings is 3. The summed E-state index contributed by atoms with van der Waals surface area (Å²) in [4.78, 5) is 3.81. The molecule has 0 amide bonds. The van der Waals surface area contributed by atoms with Gasteiger partial charge in [-0.2, -0.15) is 8.75 Å². The molecule has 41 heavy (non-hydrogen) atoms. The molecule has 0 radical (unpaired) electrons. The molecule has 0 saturated heterocycles. The molecule has 0 unspecified atom stereocenters. The maximum Gasteiger partial charge on any atom is 0.132 e. The molecule has 0 saturated carbocycles. The van der Waals surface area contributed by atoms with Gasteiger partial charge >= 0.3 is 0 Å². The van der Waals surface area contributed by atoms with Crippen LogP contribution < -0.4 is 0 Å². The molecule has 0 aliphatic heterocycles. The number of thiophene rings is 2. The van der Waals surface area contributed by atoms with E-state index in [0.717, 1.165) is 65.6 Å². The van der Waals surface area contributed by atoms with Gasteiger partial charge in [0.1, 0.15) is 22.7 Å². The minimum Gasteiger partial charge on any atom is -0.206 e. The van der Waals surface area contributed by atoms with Crippen molar-refractivity contribution in [1.29, 1.82) is 0 Å². The quantitative estimate of drug-likeness (QED) is 0.174. The van der Waals surface area contributed by atoms with Crippen LogP contribution in [0, 0.1) is 23.5 Å². The Bertz CT molecular complexity index is 1710. The summed E-state index contributed by atoms with van der Waals surface area (Å²) in [6.45, 7) is 8.56. The number of hydrogen-bond donors (Lipinski definition) is 0. The molecular formula is C34H30F2N2S3. The van der Waals surface area contributed by atoms with Gasteiger partial charge in [-0.1, -0.05) is 64.1 Å². The van der Waals surface area contributed by atoms with Gasteiger partial charge < -0.3 is 0 Å². The third kappa shape index (κ3) is 5.76. The largest absolute Gasteiger partial charge is 0.206 e. The Kier molecular flexibility index (Phi) is 7.86. The first-order chi connectivity index (χ1) is 19.8. The summed E-state index contributed by atoms with van der Waals surface area (Å²) >= 11 is 4.30. The average molecular weight is 601 g/mol. The van der Waals surface area contributed by atoms with E-state index in [1.54, 1.807) is 34.8 Å². The van der Waals surface area contributed by atoms with Crippen molar-refractivity contribution in [2.45, 2.75) is 40.5 Å². The number of rotatable bonds is 8. The first kappa shape index (κ1) is 27.9. The summed E-state index contributed by atoms with van der Waals surface area (Å²) in [7, 11) is 0. The van der Waals surface area contributed by atoms with Crippen LogP contribution >= 0.6 is 34.4 Å². The monoisotopic (exact) mass is 600 g/mol. The molecule has 6 rings (SSSR count). The molecule has 0 fully saturated rings. The topological polar surface area (TPSA) is 25.8 Å². The Labute approximate surface area is 251 Å². The second kappa shape index (κ2) is 11.6. The van der Waals surface area contributed by atoms with E-state index in [1.807, 2.05) is 48.5 Å². The lowest BCUT2D eigenvalue weighted by molar-refractivity contribution is 0.615. The predicted molar refractivity (Wildman–Crippen MR) is 172 cm³/mol. The molecule has 0 atom stereocenters. The van der Waals surface area contributed by atoms with Crippen molar-refractivity contribution >= 4 is 45.4 Å². The SMILES string of the molecule is CC(C)Cc1ccc(-c2ccc(-c3ccc(-c4ccc(-c5ccc(CC(C)C)cc5F)s4)c4nsnc34)s2)c(F)c1. The zero-order valence-electron chi connectivity index (χ0n) is 23.4. The van der Waals surface area contributed by atoms with E-state index in [2.05, 4.69) is 48.6 Å². The van der Waals surface area contributed by atoms with E-state index >= 15 is 8.78 Å². The Balaban J connectivity index is 1.30. The van der Waals surface area contributed by atoms with Crippen molar-refractivity contribution in [3.63, 3.8) is 0 Å². The van der Waals surface area contributed by atoms with E-state index < -0.39 is 0 Å². The molecule has 0 aliphatic carbocycles. The zero-order chi connectivity index (χ0) is 28.7. The summed E-state index contributed by atoms with van der Waals surface area (Å²) < 4.78 is 39.3. The van der Waals surface area contributed by atoms with Crippen LogP contribution in [0.4, 0.5) is 8.78 Å². The number of nitrogens with zero attached hydrogens (tertiary/aromatic N) is 2. The van der Waals surface area contributed by atoms with Gasteiger partial charge in [-0.05, 0) is 72.2 Å². The molecule has 0 bridgehead atoms. The van der Waals surface area contributed by atoms with E-state index in [-0.39, 0.29) is 11.6 Å². The molecular weight excluding hydrogens is 571 g/mol. The van der Waals surface area contributed by atoms with Gasteiger partial charge in [0.05, 0.1) is 11.7 Å². The Hall–Kier alpha value is -3.26. The lowest BCUT2D eigenvalue weighted by Gasteiger charge is -2.07. The molecule has 3 aromatic heterocycles. The summed E-state index contributed by atoms with van der Waals surface area (Å²) in [6, 6.07) is 23.3. The van der Waals surface area contributed by atoms with Crippen molar-refractivity contribution in [1.82, 2.24) is 8.75 Å². The molecule has 0 N–H and O–H groups in total. The lowest BCUT2D eigenvalue weighted by atomic mass is 10.0. The molecule has 3 heterocycles. The standard InChI is InChI=1S/C34H30F2N2S3/c1-19(2)15-21-5-7-23(27(35)17-21)29-11-13-31(39-29)25-9-10-26(34-33(25)37-41-38-34)32-14-12-30(40-32)24-8-6-22(16-20(3)4)18-28(24)36/h5-14,17-20H,15-16H2,1-4H3. The second-order valence-corrected chi connectivity index (χ2v) is 14.0. The highest BCUT2D eigenvalue weighted by molar-refractivity contribution is 7.19. The van der Waals surface area contributed by atoms with E-state index in [1.165, 1.54) is 11.7 Å². The maximum atomic E-state index is 15.0. The first-order valence-electron chi connectivity index (χ1n) is 13.8. The second-order valence-electron chi connectivity index (χ2n) is 11.3. The predicted octanol–water partition coefficient (Wildman–Crippen LogP) is 11.2. The molecule has 0 aliphatic rings. The van der Waals surface area contributed by atoms with E-state index in [9.17, 15) is 0 Å². The minimum atomic E-state index is -0.188. The minimum absolute atomic E-state index is 0.188. The number of hydrogen-bond acceptors (Lipinski definition) is 5. The van der Waals surface area contributed by atoms with Crippen LogP contribution in [0.1, 0.15) is 38.8 Å². The van der Waals surface area contributed by atoms with Gasteiger partial charge in [0, 0.05) is 41.8 Å². The van der Waals surface area contributed by atoms with Crippen LogP contribution in [-0.2, 0) is 12.8 Å². The van der Waals surface area contributed by atoms with Gasteiger partial charge in [0.2, 0.25) is 0 Å². The fourth-order valence-electron chi connectivity index (χ4n) is 5.23. The van der Waals surface area contributed by atoms with Crippen LogP contribution in [-0.4, -0.2) is 8.75 Å². The third-order valence-electron chi connectivity index (χ3n) is 7.04. The molecule has 3 aromatic carbocycles. The normalized spacial score (nSPS) is 11.8. The zero-order valence-corrected chi connectivity index (χ0v) is 25.8. The van der Waals surface area contributed by atoms with Crippen LogP contribution in [0.3, 0.4) is 0 Å². The summed E-state index contributed by atoms with van der Waals surface area (Å²) in [5.74, 6) is 0.584. The average Bonchev–Trinajstić information content (AvgIpc) is 3.69. The molecule has 2 nitrogen and oxygen atoms in total. The van der Waals surface area contributed by atoms with Gasteiger partial charge in [-0.25, -0.2) is 8.78 Å². The number of fused-ring (bicyclic) bond motifs is 1.